The van der Waals surface area contributed by atoms with Crippen molar-refractivity contribution in [2.75, 3.05) is 7.11 Å². The Hall–Kier alpha value is -1.25. The minimum Gasteiger partial charge on any atom is -0.374 e. The van der Waals surface area contributed by atoms with Crippen molar-refractivity contribution in [3.8, 4) is 0 Å². The maximum Gasteiger partial charge on any atom is 0.460 e. The molecule has 1 atom stereocenters. The van der Waals surface area contributed by atoms with E-state index in [4.69, 9.17) is 0 Å². The quantitative estimate of drug-likeness (QED) is 0.308. The van der Waals surface area contributed by atoms with Gasteiger partial charge in [0.2, 0.25) is 0 Å². The lowest BCUT2D eigenvalue weighted by Gasteiger charge is -2.42. The van der Waals surface area contributed by atoms with Crippen molar-refractivity contribution in [2.24, 2.45) is 0 Å². The minimum atomic E-state index is -7.93. The van der Waals surface area contributed by atoms with Crippen LogP contribution in [0.2, 0.25) is 0 Å². The summed E-state index contributed by atoms with van der Waals surface area (Å²) in [6.07, 6.45) is -9.92. The molecule has 31 heavy (non-hydrogen) atoms. The predicted octanol–water partition coefficient (Wildman–Crippen LogP) is 7.44. The first-order valence-corrected chi connectivity index (χ1v) is 8.58. The van der Waals surface area contributed by atoms with Gasteiger partial charge in [-0.1, -0.05) is 28.1 Å². The van der Waals surface area contributed by atoms with Crippen molar-refractivity contribution < 1.29 is 61.8 Å². The molecule has 180 valence electrons. The average molecular weight is 547 g/mol. The highest BCUT2D eigenvalue weighted by Crippen LogP contribution is 2.61. The standard InChI is InChI=1S/C16H12BrF13O/c1-10(31-2,8-4-3-5-9(17)6-8)7-11(18,19)12(20,21)13(22,23)14(24,25)15(26,27)16(28,29)30/h3-6H,7H2,1-2H3. The summed E-state index contributed by atoms with van der Waals surface area (Å²) in [7, 11) is 0.666. The van der Waals surface area contributed by atoms with Gasteiger partial charge in [-0.15, -0.1) is 0 Å². The van der Waals surface area contributed by atoms with E-state index >= 15 is 0 Å². The number of ether oxygens (including phenoxy) is 1. The summed E-state index contributed by atoms with van der Waals surface area (Å²) in [6, 6.07) is 4.54. The molecular formula is C16H12BrF13O. The third-order valence-electron chi connectivity index (χ3n) is 4.44. The molecule has 0 saturated carbocycles. The van der Waals surface area contributed by atoms with Crippen molar-refractivity contribution in [3.63, 3.8) is 0 Å². The lowest BCUT2D eigenvalue weighted by atomic mass is 9.84. The molecule has 0 aliphatic heterocycles. The van der Waals surface area contributed by atoms with E-state index in [0.29, 0.717) is 14.0 Å². The fourth-order valence-corrected chi connectivity index (χ4v) is 2.85. The molecule has 0 amide bonds. The molecule has 0 fully saturated rings. The van der Waals surface area contributed by atoms with Gasteiger partial charge in [0.25, 0.3) is 0 Å². The lowest BCUT2D eigenvalue weighted by Crippen LogP contribution is -2.70. The van der Waals surface area contributed by atoms with Crippen LogP contribution in [0.3, 0.4) is 0 Å². The van der Waals surface area contributed by atoms with Crippen molar-refractivity contribution in [2.45, 2.75) is 54.7 Å². The number of methoxy groups -OCH3 is 1. The van der Waals surface area contributed by atoms with Crippen molar-refractivity contribution in [3.05, 3.63) is 34.3 Å². The summed E-state index contributed by atoms with van der Waals surface area (Å²) >= 11 is 2.90. The number of benzene rings is 1. The lowest BCUT2D eigenvalue weighted by molar-refractivity contribution is -0.441. The highest BCUT2D eigenvalue weighted by Gasteiger charge is 2.90. The Labute approximate surface area is 174 Å². The van der Waals surface area contributed by atoms with Gasteiger partial charge in [-0.2, -0.15) is 57.1 Å². The molecule has 1 rings (SSSR count). The second-order valence-corrected chi connectivity index (χ2v) is 7.54. The van der Waals surface area contributed by atoms with E-state index in [0.717, 1.165) is 12.1 Å². The smallest absolute Gasteiger partial charge is 0.374 e. The third kappa shape index (κ3) is 4.35. The second-order valence-electron chi connectivity index (χ2n) is 6.62. The molecule has 1 nitrogen and oxygen atoms in total. The molecule has 1 aromatic carbocycles. The van der Waals surface area contributed by atoms with Gasteiger partial charge < -0.3 is 4.74 Å². The Morgan fingerprint density at radius 1 is 0.742 bits per heavy atom. The van der Waals surface area contributed by atoms with E-state index in [1.807, 2.05) is 0 Å². The van der Waals surface area contributed by atoms with E-state index in [9.17, 15) is 57.1 Å². The van der Waals surface area contributed by atoms with Gasteiger partial charge in [0, 0.05) is 11.6 Å². The number of halogens is 14. The third-order valence-corrected chi connectivity index (χ3v) is 4.94. The molecule has 0 aliphatic carbocycles. The molecule has 0 spiro atoms. The summed E-state index contributed by atoms with van der Waals surface area (Å²) in [5, 5.41) is 0. The Morgan fingerprint density at radius 3 is 1.58 bits per heavy atom. The van der Waals surface area contributed by atoms with Crippen LogP contribution in [-0.4, -0.2) is 42.9 Å². The zero-order valence-electron chi connectivity index (χ0n) is 15.2. The van der Waals surface area contributed by atoms with Crippen LogP contribution in [0.4, 0.5) is 57.1 Å². The Morgan fingerprint density at radius 2 is 1.19 bits per heavy atom. The van der Waals surface area contributed by atoms with Crippen LogP contribution in [0.5, 0.6) is 0 Å². The van der Waals surface area contributed by atoms with Crippen molar-refractivity contribution in [1.82, 2.24) is 0 Å². The van der Waals surface area contributed by atoms with Gasteiger partial charge in [0.15, 0.2) is 0 Å². The molecule has 0 aliphatic rings. The molecule has 1 unspecified atom stereocenters. The average Bonchev–Trinajstić information content (AvgIpc) is 2.59. The van der Waals surface area contributed by atoms with Crippen LogP contribution in [0.25, 0.3) is 0 Å². The summed E-state index contributed by atoms with van der Waals surface area (Å²) in [5.41, 5.74) is -2.93. The molecule has 1 aromatic rings. The molecule has 0 heterocycles. The van der Waals surface area contributed by atoms with Crippen molar-refractivity contribution >= 4 is 15.9 Å². The van der Waals surface area contributed by atoms with E-state index in [2.05, 4.69) is 20.7 Å². The van der Waals surface area contributed by atoms with E-state index < -0.39 is 47.8 Å². The van der Waals surface area contributed by atoms with Crippen molar-refractivity contribution in [1.29, 1.82) is 0 Å². The van der Waals surface area contributed by atoms with Crippen LogP contribution >= 0.6 is 15.9 Å². The highest BCUT2D eigenvalue weighted by atomic mass is 79.9. The number of rotatable bonds is 8. The molecule has 0 bridgehead atoms. The normalized spacial score (nSPS) is 16.9. The molecule has 0 radical (unpaired) electrons. The first-order chi connectivity index (χ1) is 13.5. The van der Waals surface area contributed by atoms with E-state index in [1.54, 1.807) is 0 Å². The fraction of sp³-hybridized carbons (Fsp3) is 0.625. The van der Waals surface area contributed by atoms with Crippen LogP contribution < -0.4 is 0 Å². The summed E-state index contributed by atoms with van der Waals surface area (Å²) in [6.45, 7) is 0.666. The van der Waals surface area contributed by atoms with Gasteiger partial charge in [0.05, 0.1) is 12.0 Å². The van der Waals surface area contributed by atoms with Crippen LogP contribution in [-0.2, 0) is 10.3 Å². The number of alkyl halides is 13. The molecule has 15 heteroatoms. The molecule has 0 saturated heterocycles. The Bertz CT molecular complexity index is 790. The largest absolute Gasteiger partial charge is 0.460 e. The van der Waals surface area contributed by atoms with Gasteiger partial charge in [0.1, 0.15) is 0 Å². The zero-order valence-corrected chi connectivity index (χ0v) is 16.8. The second kappa shape index (κ2) is 7.96. The minimum absolute atomic E-state index is 0.171. The van der Waals surface area contributed by atoms with Gasteiger partial charge in [-0.05, 0) is 24.6 Å². The van der Waals surface area contributed by atoms with Gasteiger partial charge in [-0.3, -0.25) is 0 Å². The van der Waals surface area contributed by atoms with Gasteiger partial charge >= 0.3 is 35.8 Å². The predicted molar refractivity (Wildman–Crippen MR) is 83.9 cm³/mol. The SMILES string of the molecule is COC(C)(CC(F)(F)C(F)(F)C(F)(F)C(F)(F)C(F)(F)C(F)(F)F)c1cccc(Br)c1. The first kappa shape index (κ1) is 27.8. The number of hydrogen-bond donors (Lipinski definition) is 0. The topological polar surface area (TPSA) is 9.23 Å². The molecule has 0 N–H and O–H groups in total. The monoisotopic (exact) mass is 546 g/mol. The molecule has 0 aromatic heterocycles. The van der Waals surface area contributed by atoms with Crippen LogP contribution in [0, 0.1) is 0 Å². The van der Waals surface area contributed by atoms with Crippen LogP contribution in [0.15, 0.2) is 28.7 Å². The maximum absolute atomic E-state index is 14.2. The summed E-state index contributed by atoms with van der Waals surface area (Å²) in [4.78, 5) is 0. The van der Waals surface area contributed by atoms with E-state index in [1.165, 1.54) is 12.1 Å². The van der Waals surface area contributed by atoms with E-state index in [-0.39, 0.29) is 10.0 Å². The van der Waals surface area contributed by atoms with Gasteiger partial charge in [-0.25, -0.2) is 0 Å². The fourth-order valence-electron chi connectivity index (χ4n) is 2.45. The summed E-state index contributed by atoms with van der Waals surface area (Å²) in [5.74, 6) is -37.1. The number of hydrogen-bond acceptors (Lipinski definition) is 1. The summed E-state index contributed by atoms with van der Waals surface area (Å²) < 4.78 is 177. The molecular weight excluding hydrogens is 535 g/mol. The Kier molecular flexibility index (Phi) is 7.13. The maximum atomic E-state index is 14.2. The first-order valence-electron chi connectivity index (χ1n) is 7.79. The Balaban J connectivity index is 3.52. The van der Waals surface area contributed by atoms with Crippen LogP contribution in [0.1, 0.15) is 18.9 Å². The zero-order chi connectivity index (χ0) is 24.9. The highest BCUT2D eigenvalue weighted by molar-refractivity contribution is 9.10.